The van der Waals surface area contributed by atoms with Crippen LogP contribution in [0.3, 0.4) is 0 Å². The van der Waals surface area contributed by atoms with E-state index < -0.39 is 10.0 Å². The molecule has 0 amide bonds. The molecule has 0 spiro atoms. The summed E-state index contributed by atoms with van der Waals surface area (Å²) in [5, 5.41) is 1.11. The van der Waals surface area contributed by atoms with E-state index in [-0.39, 0.29) is 11.6 Å². The van der Waals surface area contributed by atoms with Crippen LogP contribution in [-0.4, -0.2) is 43.7 Å². The van der Waals surface area contributed by atoms with Crippen LogP contribution < -0.4 is 10.3 Å². The van der Waals surface area contributed by atoms with E-state index in [1.54, 1.807) is 0 Å². The lowest BCUT2D eigenvalue weighted by Gasteiger charge is -2.31. The molecule has 140 valence electrons. The zero-order valence-electron chi connectivity index (χ0n) is 15.0. The summed E-state index contributed by atoms with van der Waals surface area (Å²) in [5.74, 6) is 0. The maximum absolute atomic E-state index is 12.5. The summed E-state index contributed by atoms with van der Waals surface area (Å²) in [6.07, 6.45) is 6.16. The lowest BCUT2D eigenvalue weighted by atomic mass is 10.0. The van der Waals surface area contributed by atoms with Gasteiger partial charge in [0.25, 0.3) is 5.56 Å². The molecular formula is C19H25N3O3S. The van der Waals surface area contributed by atoms with E-state index >= 15 is 0 Å². The quantitative estimate of drug-likeness (QED) is 0.849. The Morgan fingerprint density at radius 3 is 2.54 bits per heavy atom. The van der Waals surface area contributed by atoms with Crippen LogP contribution in [-0.2, 0) is 29.4 Å². The molecule has 1 aliphatic heterocycles. The van der Waals surface area contributed by atoms with Gasteiger partial charge in [-0.2, -0.15) is 0 Å². The number of nitrogens with one attached hydrogen (secondary N) is 2. The third kappa shape index (κ3) is 3.84. The minimum atomic E-state index is -3.16. The average molecular weight is 375 g/mol. The molecule has 2 aromatic rings. The number of piperidine rings is 1. The number of H-pyrrole nitrogens is 1. The smallest absolute Gasteiger partial charge is 0.252 e. The van der Waals surface area contributed by atoms with Crippen LogP contribution in [0.15, 0.2) is 23.0 Å². The maximum Gasteiger partial charge on any atom is 0.252 e. The van der Waals surface area contributed by atoms with Crippen molar-refractivity contribution < 1.29 is 8.42 Å². The molecule has 0 unspecified atom stereocenters. The number of aryl methyl sites for hydroxylation is 2. The zero-order valence-corrected chi connectivity index (χ0v) is 15.9. The number of hydrogen-bond donors (Lipinski definition) is 2. The van der Waals surface area contributed by atoms with Gasteiger partial charge in [0.2, 0.25) is 10.0 Å². The predicted molar refractivity (Wildman–Crippen MR) is 103 cm³/mol. The van der Waals surface area contributed by atoms with Gasteiger partial charge in [0, 0.05) is 36.8 Å². The van der Waals surface area contributed by atoms with Gasteiger partial charge in [0.05, 0.1) is 6.26 Å². The Labute approximate surface area is 153 Å². The van der Waals surface area contributed by atoms with Crippen LogP contribution in [0.5, 0.6) is 0 Å². The highest BCUT2D eigenvalue weighted by Gasteiger charge is 2.22. The molecule has 1 saturated heterocycles. The first kappa shape index (κ1) is 17.7. The van der Waals surface area contributed by atoms with E-state index in [1.807, 2.05) is 6.07 Å². The monoisotopic (exact) mass is 375 g/mol. The molecule has 2 heterocycles. The highest BCUT2D eigenvalue weighted by Crippen LogP contribution is 2.26. The SMILES string of the molecule is CS(=O)(=O)NC1CCN(Cc2cc3cc4c(cc3[nH]c2=O)CCC4)CC1. The Kier molecular flexibility index (Phi) is 4.62. The first-order chi connectivity index (χ1) is 12.4. The molecule has 1 aromatic carbocycles. The fourth-order valence-corrected chi connectivity index (χ4v) is 5.04. The Hall–Kier alpha value is -1.70. The highest BCUT2D eigenvalue weighted by atomic mass is 32.2. The first-order valence-corrected chi connectivity index (χ1v) is 11.1. The molecule has 6 nitrogen and oxygen atoms in total. The molecule has 0 bridgehead atoms. The van der Waals surface area contributed by atoms with Crippen LogP contribution in [0, 0.1) is 0 Å². The number of pyridine rings is 1. The predicted octanol–water partition coefficient (Wildman–Crippen LogP) is 1.53. The van der Waals surface area contributed by atoms with E-state index in [0.29, 0.717) is 6.54 Å². The topological polar surface area (TPSA) is 82.3 Å². The van der Waals surface area contributed by atoms with Crippen LogP contribution in [0.1, 0.15) is 36.0 Å². The maximum atomic E-state index is 12.5. The summed E-state index contributed by atoms with van der Waals surface area (Å²) in [7, 11) is -3.16. The van der Waals surface area contributed by atoms with Gasteiger partial charge in [0.15, 0.2) is 0 Å². The van der Waals surface area contributed by atoms with E-state index in [1.165, 1.54) is 23.8 Å². The molecule has 26 heavy (non-hydrogen) atoms. The number of sulfonamides is 1. The van der Waals surface area contributed by atoms with E-state index in [9.17, 15) is 13.2 Å². The Morgan fingerprint density at radius 2 is 1.85 bits per heavy atom. The number of fused-ring (bicyclic) bond motifs is 2. The van der Waals surface area contributed by atoms with Crippen molar-refractivity contribution in [3.63, 3.8) is 0 Å². The summed E-state index contributed by atoms with van der Waals surface area (Å²) in [6.45, 7) is 2.18. The second-order valence-electron chi connectivity index (χ2n) is 7.63. The molecule has 1 aromatic heterocycles. The van der Waals surface area contributed by atoms with Gasteiger partial charge in [-0.05, 0) is 66.8 Å². The van der Waals surface area contributed by atoms with Crippen molar-refractivity contribution in [1.82, 2.24) is 14.6 Å². The lowest BCUT2D eigenvalue weighted by Crippen LogP contribution is -2.44. The summed E-state index contributed by atoms with van der Waals surface area (Å²) in [4.78, 5) is 17.8. The molecule has 1 aliphatic carbocycles. The number of rotatable bonds is 4. The molecule has 4 rings (SSSR count). The van der Waals surface area contributed by atoms with E-state index in [2.05, 4.69) is 26.7 Å². The van der Waals surface area contributed by atoms with Crippen molar-refractivity contribution in [1.29, 1.82) is 0 Å². The standard InChI is InChI=1S/C19H25N3O3S/c1-26(24,25)21-17-5-7-22(8-6-17)12-16-10-15-9-13-3-2-4-14(13)11-18(15)20-19(16)23/h9-11,17,21H,2-8,12H2,1H3,(H,20,23). The van der Waals surface area contributed by atoms with Crippen molar-refractivity contribution in [2.75, 3.05) is 19.3 Å². The van der Waals surface area contributed by atoms with Crippen molar-refractivity contribution in [2.45, 2.75) is 44.7 Å². The zero-order chi connectivity index (χ0) is 18.3. The van der Waals surface area contributed by atoms with Crippen LogP contribution >= 0.6 is 0 Å². The van der Waals surface area contributed by atoms with Gasteiger partial charge in [-0.1, -0.05) is 0 Å². The molecule has 0 atom stereocenters. The number of benzene rings is 1. The van der Waals surface area contributed by atoms with Crippen molar-refractivity contribution in [2.24, 2.45) is 0 Å². The van der Waals surface area contributed by atoms with Crippen LogP contribution in [0.2, 0.25) is 0 Å². The molecule has 1 fully saturated rings. The van der Waals surface area contributed by atoms with E-state index in [4.69, 9.17) is 0 Å². The van der Waals surface area contributed by atoms with Gasteiger partial charge in [-0.15, -0.1) is 0 Å². The largest absolute Gasteiger partial charge is 0.322 e. The minimum absolute atomic E-state index is 0.00118. The van der Waals surface area contributed by atoms with Gasteiger partial charge in [-0.25, -0.2) is 13.1 Å². The normalized spacial score (nSPS) is 19.1. The Balaban J connectivity index is 1.48. The third-order valence-corrected chi connectivity index (χ3v) is 6.26. The second kappa shape index (κ2) is 6.79. The Bertz CT molecular complexity index is 989. The lowest BCUT2D eigenvalue weighted by molar-refractivity contribution is 0.199. The number of aromatic amines is 1. The summed E-state index contributed by atoms with van der Waals surface area (Å²) >= 11 is 0. The number of aromatic nitrogens is 1. The van der Waals surface area contributed by atoms with Crippen molar-refractivity contribution in [3.05, 3.63) is 45.2 Å². The fourth-order valence-electron chi connectivity index (χ4n) is 4.20. The molecular weight excluding hydrogens is 350 g/mol. The van der Waals surface area contributed by atoms with Gasteiger partial charge < -0.3 is 4.98 Å². The van der Waals surface area contributed by atoms with Crippen molar-refractivity contribution in [3.8, 4) is 0 Å². The molecule has 0 saturated carbocycles. The average Bonchev–Trinajstić information content (AvgIpc) is 3.01. The van der Waals surface area contributed by atoms with Crippen LogP contribution in [0.4, 0.5) is 0 Å². The molecule has 2 aliphatic rings. The summed E-state index contributed by atoms with van der Waals surface area (Å²) in [6, 6.07) is 6.37. The number of hydrogen-bond acceptors (Lipinski definition) is 4. The molecule has 2 N–H and O–H groups in total. The summed E-state index contributed by atoms with van der Waals surface area (Å²) in [5.41, 5.74) is 4.46. The van der Waals surface area contributed by atoms with Crippen molar-refractivity contribution >= 4 is 20.9 Å². The van der Waals surface area contributed by atoms with Gasteiger partial charge in [0.1, 0.15) is 0 Å². The van der Waals surface area contributed by atoms with E-state index in [0.717, 1.165) is 55.2 Å². The number of likely N-dealkylation sites (tertiary alicyclic amines) is 1. The second-order valence-corrected chi connectivity index (χ2v) is 9.41. The first-order valence-electron chi connectivity index (χ1n) is 9.25. The molecule has 0 radical (unpaired) electrons. The van der Waals surface area contributed by atoms with Gasteiger partial charge in [-0.3, -0.25) is 9.69 Å². The Morgan fingerprint density at radius 1 is 1.15 bits per heavy atom. The fraction of sp³-hybridized carbons (Fsp3) is 0.526. The van der Waals surface area contributed by atoms with Gasteiger partial charge >= 0.3 is 0 Å². The molecule has 7 heteroatoms. The summed E-state index contributed by atoms with van der Waals surface area (Å²) < 4.78 is 25.4. The number of nitrogens with zero attached hydrogens (tertiary/aromatic N) is 1. The highest BCUT2D eigenvalue weighted by molar-refractivity contribution is 7.88. The minimum Gasteiger partial charge on any atom is -0.322 e. The van der Waals surface area contributed by atoms with Crippen LogP contribution in [0.25, 0.3) is 10.9 Å². The third-order valence-electron chi connectivity index (χ3n) is 5.50.